The van der Waals surface area contributed by atoms with Crippen LogP contribution in [0.2, 0.25) is 0 Å². The van der Waals surface area contributed by atoms with Gasteiger partial charge in [-0.25, -0.2) is 0 Å². The lowest BCUT2D eigenvalue weighted by atomic mass is 9.96. The highest BCUT2D eigenvalue weighted by atomic mass is 16.5. The lowest BCUT2D eigenvalue weighted by molar-refractivity contribution is 0.172. The van der Waals surface area contributed by atoms with E-state index in [2.05, 4.69) is 5.32 Å². The molecule has 3 heteroatoms. The summed E-state index contributed by atoms with van der Waals surface area (Å²) in [5.41, 5.74) is 6.01. The van der Waals surface area contributed by atoms with Crippen molar-refractivity contribution in [3.8, 4) is 0 Å². The van der Waals surface area contributed by atoms with E-state index >= 15 is 0 Å². The van der Waals surface area contributed by atoms with Crippen LogP contribution in [0.5, 0.6) is 0 Å². The van der Waals surface area contributed by atoms with Crippen molar-refractivity contribution in [2.75, 3.05) is 26.8 Å². The van der Waals surface area contributed by atoms with Crippen molar-refractivity contribution in [1.29, 1.82) is 0 Å². The predicted octanol–water partition coefficient (Wildman–Crippen LogP) is -0.286. The van der Waals surface area contributed by atoms with Gasteiger partial charge in [-0.05, 0) is 19.4 Å². The Kier molecular flexibility index (Phi) is 2.65. The summed E-state index contributed by atoms with van der Waals surface area (Å²) in [5, 5.41) is 3.24. The molecule has 1 atom stereocenters. The molecule has 0 amide bonds. The zero-order valence-corrected chi connectivity index (χ0v) is 6.52. The Morgan fingerprint density at radius 1 is 1.70 bits per heavy atom. The molecule has 3 N–H and O–H groups in total. The van der Waals surface area contributed by atoms with Crippen LogP contribution in [0.25, 0.3) is 0 Å². The first-order chi connectivity index (χ1) is 4.77. The molecule has 1 fully saturated rings. The quantitative estimate of drug-likeness (QED) is 0.572. The predicted molar refractivity (Wildman–Crippen MR) is 40.9 cm³/mol. The van der Waals surface area contributed by atoms with E-state index in [0.717, 1.165) is 32.5 Å². The van der Waals surface area contributed by atoms with Gasteiger partial charge in [0.05, 0.1) is 0 Å². The third-order valence-electron chi connectivity index (χ3n) is 2.08. The standard InChI is InChI=1S/C7H16N2O/c1-10-5-3-7(8)2-4-9-6-7/h9H,2-6,8H2,1H3. The fraction of sp³-hybridized carbons (Fsp3) is 1.00. The monoisotopic (exact) mass is 144 g/mol. The number of ether oxygens (including phenoxy) is 1. The van der Waals surface area contributed by atoms with E-state index in [1.807, 2.05) is 0 Å². The highest BCUT2D eigenvalue weighted by Crippen LogP contribution is 2.14. The summed E-state index contributed by atoms with van der Waals surface area (Å²) in [6, 6.07) is 0. The molecule has 1 saturated heterocycles. The molecule has 0 aliphatic carbocycles. The van der Waals surface area contributed by atoms with Gasteiger partial charge in [0, 0.05) is 25.8 Å². The molecule has 3 nitrogen and oxygen atoms in total. The molecular formula is C7H16N2O. The van der Waals surface area contributed by atoms with Crippen LogP contribution in [0.1, 0.15) is 12.8 Å². The summed E-state index contributed by atoms with van der Waals surface area (Å²) in [6.45, 7) is 2.77. The average molecular weight is 144 g/mol. The van der Waals surface area contributed by atoms with Crippen LogP contribution >= 0.6 is 0 Å². The van der Waals surface area contributed by atoms with Crippen molar-refractivity contribution in [3.63, 3.8) is 0 Å². The van der Waals surface area contributed by atoms with Gasteiger partial charge in [0.1, 0.15) is 0 Å². The van der Waals surface area contributed by atoms with Crippen LogP contribution in [-0.2, 0) is 4.74 Å². The largest absolute Gasteiger partial charge is 0.385 e. The summed E-state index contributed by atoms with van der Waals surface area (Å²) < 4.78 is 4.96. The van der Waals surface area contributed by atoms with Crippen LogP contribution in [0.3, 0.4) is 0 Å². The van der Waals surface area contributed by atoms with Gasteiger partial charge in [-0.1, -0.05) is 0 Å². The molecule has 1 rings (SSSR count). The molecule has 1 unspecified atom stereocenters. The Hall–Kier alpha value is -0.120. The fourth-order valence-electron chi connectivity index (χ4n) is 1.28. The van der Waals surface area contributed by atoms with Crippen molar-refractivity contribution < 1.29 is 4.74 Å². The molecule has 0 radical (unpaired) electrons. The van der Waals surface area contributed by atoms with E-state index in [1.54, 1.807) is 7.11 Å². The molecule has 1 heterocycles. The fourth-order valence-corrected chi connectivity index (χ4v) is 1.28. The van der Waals surface area contributed by atoms with Crippen molar-refractivity contribution in [2.24, 2.45) is 5.73 Å². The molecule has 0 bridgehead atoms. The van der Waals surface area contributed by atoms with E-state index in [1.165, 1.54) is 0 Å². The highest BCUT2D eigenvalue weighted by molar-refractivity contribution is 4.91. The first kappa shape index (κ1) is 7.98. The topological polar surface area (TPSA) is 47.3 Å². The maximum absolute atomic E-state index is 6.00. The number of nitrogens with one attached hydrogen (secondary N) is 1. The van der Waals surface area contributed by atoms with Crippen molar-refractivity contribution in [3.05, 3.63) is 0 Å². The Labute approximate surface area is 61.9 Å². The highest BCUT2D eigenvalue weighted by Gasteiger charge is 2.28. The first-order valence-corrected chi connectivity index (χ1v) is 3.75. The molecule has 10 heavy (non-hydrogen) atoms. The van der Waals surface area contributed by atoms with Crippen molar-refractivity contribution in [2.45, 2.75) is 18.4 Å². The number of hydrogen-bond acceptors (Lipinski definition) is 3. The van der Waals surface area contributed by atoms with Crippen LogP contribution < -0.4 is 11.1 Å². The zero-order chi connectivity index (χ0) is 7.45. The maximum Gasteiger partial charge on any atom is 0.0480 e. The summed E-state index contributed by atoms with van der Waals surface area (Å²) >= 11 is 0. The second kappa shape index (κ2) is 3.32. The van der Waals surface area contributed by atoms with Gasteiger partial charge >= 0.3 is 0 Å². The summed E-state index contributed by atoms with van der Waals surface area (Å²) in [6.07, 6.45) is 2.05. The molecule has 0 aromatic carbocycles. The molecule has 60 valence electrons. The van der Waals surface area contributed by atoms with Gasteiger partial charge in [-0.3, -0.25) is 0 Å². The van der Waals surface area contributed by atoms with E-state index in [9.17, 15) is 0 Å². The van der Waals surface area contributed by atoms with E-state index < -0.39 is 0 Å². The van der Waals surface area contributed by atoms with Gasteiger partial charge in [-0.2, -0.15) is 0 Å². The molecule has 0 saturated carbocycles. The van der Waals surface area contributed by atoms with E-state index in [4.69, 9.17) is 10.5 Å². The van der Waals surface area contributed by atoms with Crippen LogP contribution in [0.15, 0.2) is 0 Å². The first-order valence-electron chi connectivity index (χ1n) is 3.75. The lowest BCUT2D eigenvalue weighted by Gasteiger charge is -2.21. The molecule has 0 aromatic heterocycles. The number of hydrogen-bond donors (Lipinski definition) is 2. The minimum atomic E-state index is 0.00993. The van der Waals surface area contributed by atoms with Gasteiger partial charge in [0.15, 0.2) is 0 Å². The minimum absolute atomic E-state index is 0.00993. The van der Waals surface area contributed by atoms with Gasteiger partial charge < -0.3 is 15.8 Å². The third-order valence-corrected chi connectivity index (χ3v) is 2.08. The second-order valence-corrected chi connectivity index (χ2v) is 3.03. The van der Waals surface area contributed by atoms with Gasteiger partial charge in [0.2, 0.25) is 0 Å². The Balaban J connectivity index is 2.22. The smallest absolute Gasteiger partial charge is 0.0480 e. The Bertz CT molecular complexity index is 99.8. The number of nitrogens with two attached hydrogens (primary N) is 1. The van der Waals surface area contributed by atoms with Crippen LogP contribution in [0, 0.1) is 0 Å². The molecule has 0 aromatic rings. The zero-order valence-electron chi connectivity index (χ0n) is 6.52. The molecule has 1 aliphatic heterocycles. The third kappa shape index (κ3) is 1.94. The minimum Gasteiger partial charge on any atom is -0.385 e. The molecule has 1 aliphatic rings. The van der Waals surface area contributed by atoms with E-state index in [0.29, 0.717) is 0 Å². The normalized spacial score (nSPS) is 33.0. The second-order valence-electron chi connectivity index (χ2n) is 3.03. The van der Waals surface area contributed by atoms with E-state index in [-0.39, 0.29) is 5.54 Å². The lowest BCUT2D eigenvalue weighted by Crippen LogP contribution is -2.42. The van der Waals surface area contributed by atoms with Gasteiger partial charge in [0.25, 0.3) is 0 Å². The summed E-state index contributed by atoms with van der Waals surface area (Å²) in [4.78, 5) is 0. The Morgan fingerprint density at radius 3 is 3.00 bits per heavy atom. The SMILES string of the molecule is COCCC1(N)CCNC1. The number of methoxy groups -OCH3 is 1. The van der Waals surface area contributed by atoms with Gasteiger partial charge in [-0.15, -0.1) is 0 Å². The van der Waals surface area contributed by atoms with Crippen molar-refractivity contribution >= 4 is 0 Å². The average Bonchev–Trinajstić information content (AvgIpc) is 2.33. The molecular weight excluding hydrogens is 128 g/mol. The maximum atomic E-state index is 6.00. The Morgan fingerprint density at radius 2 is 2.50 bits per heavy atom. The van der Waals surface area contributed by atoms with Crippen LogP contribution in [0.4, 0.5) is 0 Å². The summed E-state index contributed by atoms with van der Waals surface area (Å²) in [7, 11) is 1.71. The summed E-state index contributed by atoms with van der Waals surface area (Å²) in [5.74, 6) is 0. The number of rotatable bonds is 3. The molecule has 0 spiro atoms. The van der Waals surface area contributed by atoms with Crippen molar-refractivity contribution in [1.82, 2.24) is 5.32 Å². The van der Waals surface area contributed by atoms with Crippen LogP contribution in [-0.4, -0.2) is 32.3 Å².